The second-order valence-electron chi connectivity index (χ2n) is 5.59. The molecule has 1 aromatic heterocycles. The van der Waals surface area contributed by atoms with Crippen molar-refractivity contribution in [3.05, 3.63) is 47.4 Å². The van der Waals surface area contributed by atoms with E-state index in [4.69, 9.17) is 0 Å². The second kappa shape index (κ2) is 5.77. The zero-order chi connectivity index (χ0) is 14.8. The van der Waals surface area contributed by atoms with Crippen molar-refractivity contribution < 1.29 is 4.39 Å². The Hall–Kier alpha value is -2.01. The van der Waals surface area contributed by atoms with Crippen LogP contribution >= 0.6 is 0 Å². The summed E-state index contributed by atoms with van der Waals surface area (Å²) in [6, 6.07) is 9.26. The van der Waals surface area contributed by atoms with Crippen LogP contribution in [0.4, 0.5) is 15.9 Å². The van der Waals surface area contributed by atoms with Gasteiger partial charge in [0, 0.05) is 24.8 Å². The van der Waals surface area contributed by atoms with Crippen molar-refractivity contribution in [1.29, 1.82) is 0 Å². The van der Waals surface area contributed by atoms with Gasteiger partial charge in [-0.2, -0.15) is 5.10 Å². The maximum atomic E-state index is 13.4. The number of aromatic nitrogens is 2. The molecule has 0 spiro atoms. The molecule has 0 saturated heterocycles. The van der Waals surface area contributed by atoms with Gasteiger partial charge in [-0.05, 0) is 36.2 Å². The van der Waals surface area contributed by atoms with Gasteiger partial charge in [-0.15, -0.1) is 5.10 Å². The molecule has 110 valence electrons. The van der Waals surface area contributed by atoms with Gasteiger partial charge in [0.25, 0.3) is 0 Å². The first-order valence-electron chi connectivity index (χ1n) is 7.25. The standard InChI is InChI=1S/C16H19FN4/c1-11(2)18-10-14-5-6-16(20-19-14)21-8-7-12-3-4-13(17)9-15(12)21/h3-6,9,11,18H,7-8,10H2,1-2H3. The summed E-state index contributed by atoms with van der Waals surface area (Å²) in [5.74, 6) is 0.555. The Bertz CT molecular complexity index is 625. The summed E-state index contributed by atoms with van der Waals surface area (Å²) in [6.45, 7) is 5.71. The molecule has 3 rings (SSSR count). The Morgan fingerprint density at radius 3 is 2.81 bits per heavy atom. The molecule has 0 unspecified atom stereocenters. The molecule has 0 radical (unpaired) electrons. The molecule has 5 heteroatoms. The van der Waals surface area contributed by atoms with Gasteiger partial charge in [-0.1, -0.05) is 19.9 Å². The minimum atomic E-state index is -0.216. The molecule has 2 heterocycles. The first kappa shape index (κ1) is 13.9. The normalized spacial score (nSPS) is 13.8. The van der Waals surface area contributed by atoms with E-state index in [1.165, 1.54) is 6.07 Å². The van der Waals surface area contributed by atoms with Crippen molar-refractivity contribution in [2.45, 2.75) is 32.9 Å². The lowest BCUT2D eigenvalue weighted by molar-refractivity contribution is 0.577. The van der Waals surface area contributed by atoms with Crippen molar-refractivity contribution in [2.75, 3.05) is 11.4 Å². The summed E-state index contributed by atoms with van der Waals surface area (Å²) in [7, 11) is 0. The van der Waals surface area contributed by atoms with Crippen molar-refractivity contribution in [3.8, 4) is 0 Å². The van der Waals surface area contributed by atoms with Gasteiger partial charge >= 0.3 is 0 Å². The molecule has 0 fully saturated rings. The molecule has 4 nitrogen and oxygen atoms in total. The number of hydrogen-bond donors (Lipinski definition) is 1. The van der Waals surface area contributed by atoms with Crippen LogP contribution in [0, 0.1) is 5.82 Å². The van der Waals surface area contributed by atoms with Gasteiger partial charge in [-0.25, -0.2) is 4.39 Å². The molecule has 2 aromatic rings. The first-order chi connectivity index (χ1) is 10.1. The maximum Gasteiger partial charge on any atom is 0.155 e. The predicted molar refractivity (Wildman–Crippen MR) is 81.1 cm³/mol. The van der Waals surface area contributed by atoms with E-state index in [1.54, 1.807) is 6.07 Å². The van der Waals surface area contributed by atoms with Crippen LogP contribution in [-0.4, -0.2) is 22.8 Å². The van der Waals surface area contributed by atoms with E-state index in [0.29, 0.717) is 12.6 Å². The highest BCUT2D eigenvalue weighted by Crippen LogP contribution is 2.33. The molecule has 0 atom stereocenters. The average molecular weight is 286 g/mol. The molecule has 1 aliphatic rings. The highest BCUT2D eigenvalue weighted by Gasteiger charge is 2.22. The highest BCUT2D eigenvalue weighted by molar-refractivity contribution is 5.67. The van der Waals surface area contributed by atoms with Crippen molar-refractivity contribution in [1.82, 2.24) is 15.5 Å². The van der Waals surface area contributed by atoms with E-state index < -0.39 is 0 Å². The lowest BCUT2D eigenvalue weighted by Crippen LogP contribution is -2.23. The third-order valence-corrected chi connectivity index (χ3v) is 3.62. The zero-order valence-electron chi connectivity index (χ0n) is 12.3. The molecule has 0 bridgehead atoms. The summed E-state index contributed by atoms with van der Waals surface area (Å²) in [5, 5.41) is 11.8. The number of nitrogens with one attached hydrogen (secondary N) is 1. The van der Waals surface area contributed by atoms with Crippen LogP contribution in [0.25, 0.3) is 0 Å². The minimum absolute atomic E-state index is 0.216. The van der Waals surface area contributed by atoms with Crippen LogP contribution in [0.5, 0.6) is 0 Å². The number of hydrogen-bond acceptors (Lipinski definition) is 4. The van der Waals surface area contributed by atoms with Crippen LogP contribution in [-0.2, 0) is 13.0 Å². The minimum Gasteiger partial charge on any atom is -0.324 e. The third-order valence-electron chi connectivity index (χ3n) is 3.62. The molecule has 1 aliphatic heterocycles. The number of fused-ring (bicyclic) bond motifs is 1. The highest BCUT2D eigenvalue weighted by atomic mass is 19.1. The monoisotopic (exact) mass is 286 g/mol. The van der Waals surface area contributed by atoms with E-state index in [-0.39, 0.29) is 5.82 Å². The van der Waals surface area contributed by atoms with Gasteiger partial charge in [-0.3, -0.25) is 0 Å². The number of benzene rings is 1. The molecular weight excluding hydrogens is 267 g/mol. The van der Waals surface area contributed by atoms with Crippen LogP contribution in [0.1, 0.15) is 25.1 Å². The van der Waals surface area contributed by atoms with Gasteiger partial charge < -0.3 is 10.2 Å². The van der Waals surface area contributed by atoms with E-state index in [1.807, 2.05) is 23.1 Å². The predicted octanol–water partition coefficient (Wildman–Crippen LogP) is 2.81. The Morgan fingerprint density at radius 2 is 2.10 bits per heavy atom. The smallest absolute Gasteiger partial charge is 0.155 e. The van der Waals surface area contributed by atoms with Gasteiger partial charge in [0.1, 0.15) is 5.82 Å². The lowest BCUT2D eigenvalue weighted by atomic mass is 10.2. The molecule has 1 N–H and O–H groups in total. The second-order valence-corrected chi connectivity index (χ2v) is 5.59. The molecule has 21 heavy (non-hydrogen) atoms. The number of anilines is 2. The lowest BCUT2D eigenvalue weighted by Gasteiger charge is -2.18. The van der Waals surface area contributed by atoms with Gasteiger partial charge in [0.2, 0.25) is 0 Å². The summed E-state index contributed by atoms with van der Waals surface area (Å²) >= 11 is 0. The first-order valence-corrected chi connectivity index (χ1v) is 7.25. The summed E-state index contributed by atoms with van der Waals surface area (Å²) in [5.41, 5.74) is 2.97. The summed E-state index contributed by atoms with van der Waals surface area (Å²) in [4.78, 5) is 2.02. The van der Waals surface area contributed by atoms with Crippen LogP contribution in [0.15, 0.2) is 30.3 Å². The van der Waals surface area contributed by atoms with Gasteiger partial charge in [0.15, 0.2) is 5.82 Å². The average Bonchev–Trinajstić information content (AvgIpc) is 2.88. The zero-order valence-corrected chi connectivity index (χ0v) is 12.3. The molecule has 0 amide bonds. The number of rotatable bonds is 4. The van der Waals surface area contributed by atoms with Crippen molar-refractivity contribution >= 4 is 11.5 Å². The van der Waals surface area contributed by atoms with E-state index >= 15 is 0 Å². The van der Waals surface area contributed by atoms with Crippen molar-refractivity contribution in [2.24, 2.45) is 0 Å². The van der Waals surface area contributed by atoms with Crippen LogP contribution in [0.3, 0.4) is 0 Å². The van der Waals surface area contributed by atoms with Crippen LogP contribution < -0.4 is 10.2 Å². The molecule has 0 saturated carbocycles. The number of halogens is 1. The summed E-state index contributed by atoms with van der Waals surface area (Å²) in [6.07, 6.45) is 0.911. The molecule has 1 aromatic carbocycles. The van der Waals surface area contributed by atoms with E-state index in [0.717, 1.165) is 35.7 Å². The Kier molecular flexibility index (Phi) is 3.84. The van der Waals surface area contributed by atoms with E-state index in [9.17, 15) is 4.39 Å². The van der Waals surface area contributed by atoms with Gasteiger partial charge in [0.05, 0.1) is 5.69 Å². The molecular formula is C16H19FN4. The fraction of sp³-hybridized carbons (Fsp3) is 0.375. The summed E-state index contributed by atoms with van der Waals surface area (Å²) < 4.78 is 13.4. The van der Waals surface area contributed by atoms with E-state index in [2.05, 4.69) is 29.4 Å². The third kappa shape index (κ3) is 3.03. The quantitative estimate of drug-likeness (QED) is 0.938. The fourth-order valence-electron chi connectivity index (χ4n) is 2.49. The van der Waals surface area contributed by atoms with Crippen LogP contribution in [0.2, 0.25) is 0 Å². The maximum absolute atomic E-state index is 13.4. The van der Waals surface area contributed by atoms with Crippen molar-refractivity contribution in [3.63, 3.8) is 0 Å². The topological polar surface area (TPSA) is 41.0 Å². The largest absolute Gasteiger partial charge is 0.324 e. The Morgan fingerprint density at radius 1 is 1.24 bits per heavy atom. The SMILES string of the molecule is CC(C)NCc1ccc(N2CCc3ccc(F)cc32)nn1. The fourth-order valence-corrected chi connectivity index (χ4v) is 2.49. The number of nitrogens with zero attached hydrogens (tertiary/aromatic N) is 3. The Balaban J connectivity index is 1.78. The molecule has 0 aliphatic carbocycles. The Labute approximate surface area is 124 Å².